The molecule has 1 atom stereocenters. The van der Waals surface area contributed by atoms with Crippen LogP contribution in [0.1, 0.15) is 36.4 Å². The minimum atomic E-state index is 0.124. The van der Waals surface area contributed by atoms with E-state index in [1.54, 1.807) is 7.11 Å². The van der Waals surface area contributed by atoms with Gasteiger partial charge in [0.1, 0.15) is 5.75 Å². The minimum absolute atomic E-state index is 0.124. The number of carbonyl (C=O) groups excluding carboxylic acids is 1. The Morgan fingerprint density at radius 1 is 1.04 bits per heavy atom. The Bertz CT molecular complexity index is 654. The largest absolute Gasteiger partial charge is 0.497 e. The summed E-state index contributed by atoms with van der Waals surface area (Å²) in [5.74, 6) is 0.965. The number of rotatable bonds is 10. The average Bonchev–Trinajstić information content (AvgIpc) is 2.66. The Labute approximate surface area is 157 Å². The van der Waals surface area contributed by atoms with Gasteiger partial charge in [-0.25, -0.2) is 0 Å². The fourth-order valence-corrected chi connectivity index (χ4v) is 2.98. The summed E-state index contributed by atoms with van der Waals surface area (Å²) >= 11 is 0. The van der Waals surface area contributed by atoms with Crippen LogP contribution >= 0.6 is 0 Å². The number of nitrogens with one attached hydrogen (secondary N) is 1. The molecule has 2 aromatic carbocycles. The molecule has 0 fully saturated rings. The first kappa shape index (κ1) is 20.0. The van der Waals surface area contributed by atoms with Crippen molar-refractivity contribution >= 4 is 5.91 Å². The van der Waals surface area contributed by atoms with Gasteiger partial charge >= 0.3 is 0 Å². The van der Waals surface area contributed by atoms with Crippen LogP contribution in [-0.4, -0.2) is 38.6 Å². The average molecular weight is 354 g/mol. The highest BCUT2D eigenvalue weighted by molar-refractivity contribution is 5.75. The van der Waals surface area contributed by atoms with E-state index in [0.717, 1.165) is 25.0 Å². The molecule has 1 unspecified atom stereocenters. The molecule has 0 bridgehead atoms. The Morgan fingerprint density at radius 3 is 2.35 bits per heavy atom. The summed E-state index contributed by atoms with van der Waals surface area (Å²) in [6.45, 7) is 0.608. The Kier molecular flexibility index (Phi) is 8.16. The molecular weight excluding hydrogens is 324 g/mol. The highest BCUT2D eigenvalue weighted by Crippen LogP contribution is 2.20. The van der Waals surface area contributed by atoms with Crippen molar-refractivity contribution in [1.29, 1.82) is 0 Å². The zero-order chi connectivity index (χ0) is 18.8. The lowest BCUT2D eigenvalue weighted by Gasteiger charge is -2.25. The van der Waals surface area contributed by atoms with Crippen molar-refractivity contribution in [2.24, 2.45) is 0 Å². The number of aryl methyl sites for hydroxylation is 1. The smallest absolute Gasteiger partial charge is 0.220 e. The summed E-state index contributed by atoms with van der Waals surface area (Å²) < 4.78 is 5.21. The normalized spacial score (nSPS) is 12.0. The van der Waals surface area contributed by atoms with Crippen LogP contribution in [0.5, 0.6) is 5.75 Å². The lowest BCUT2D eigenvalue weighted by atomic mass is 10.1. The number of unbranched alkanes of at least 4 members (excludes halogenated alkanes) is 1. The highest BCUT2D eigenvalue weighted by atomic mass is 16.5. The summed E-state index contributed by atoms with van der Waals surface area (Å²) in [4.78, 5) is 14.3. The summed E-state index contributed by atoms with van der Waals surface area (Å²) in [7, 11) is 5.72. The van der Waals surface area contributed by atoms with E-state index in [-0.39, 0.29) is 11.9 Å². The van der Waals surface area contributed by atoms with Gasteiger partial charge in [-0.3, -0.25) is 4.79 Å². The highest BCUT2D eigenvalue weighted by Gasteiger charge is 2.15. The third-order valence-electron chi connectivity index (χ3n) is 4.58. The van der Waals surface area contributed by atoms with E-state index in [1.165, 1.54) is 11.1 Å². The maximum atomic E-state index is 12.2. The van der Waals surface area contributed by atoms with Gasteiger partial charge in [-0.05, 0) is 56.6 Å². The molecule has 0 aliphatic heterocycles. The molecule has 4 nitrogen and oxygen atoms in total. The van der Waals surface area contributed by atoms with Gasteiger partial charge in [0.2, 0.25) is 5.91 Å². The molecule has 140 valence electrons. The van der Waals surface area contributed by atoms with Gasteiger partial charge in [-0.1, -0.05) is 42.5 Å². The van der Waals surface area contributed by atoms with E-state index in [9.17, 15) is 4.79 Å². The fraction of sp³-hybridized carbons (Fsp3) is 0.409. The van der Waals surface area contributed by atoms with Crippen molar-refractivity contribution in [3.63, 3.8) is 0 Å². The van der Waals surface area contributed by atoms with Gasteiger partial charge in [0.15, 0.2) is 0 Å². The van der Waals surface area contributed by atoms with Gasteiger partial charge in [0.05, 0.1) is 13.2 Å². The Morgan fingerprint density at radius 2 is 1.73 bits per heavy atom. The molecule has 0 heterocycles. The lowest BCUT2D eigenvalue weighted by molar-refractivity contribution is -0.121. The van der Waals surface area contributed by atoms with E-state index in [0.29, 0.717) is 13.0 Å². The molecule has 2 aromatic rings. The quantitative estimate of drug-likeness (QED) is 0.660. The third kappa shape index (κ3) is 6.52. The molecule has 0 aliphatic rings. The van der Waals surface area contributed by atoms with Crippen LogP contribution in [0.25, 0.3) is 0 Å². The van der Waals surface area contributed by atoms with Crippen molar-refractivity contribution in [3.05, 3.63) is 65.7 Å². The SMILES string of the molecule is COc1ccc(C(CNC(=O)CCCCc2ccccc2)N(C)C)cc1. The first-order valence-electron chi connectivity index (χ1n) is 9.21. The fourth-order valence-electron chi connectivity index (χ4n) is 2.98. The maximum absolute atomic E-state index is 12.2. The third-order valence-corrected chi connectivity index (χ3v) is 4.58. The van der Waals surface area contributed by atoms with Gasteiger partial charge < -0.3 is 15.0 Å². The number of likely N-dealkylation sites (N-methyl/N-ethyl adjacent to an activating group) is 1. The molecule has 0 saturated carbocycles. The zero-order valence-corrected chi connectivity index (χ0v) is 16.1. The van der Waals surface area contributed by atoms with Crippen LogP contribution in [-0.2, 0) is 11.2 Å². The summed E-state index contributed by atoms with van der Waals surface area (Å²) in [6.07, 6.45) is 3.55. The standard InChI is InChI=1S/C22H30N2O2/c1-24(2)21(19-13-15-20(26-3)16-14-19)17-23-22(25)12-8-7-11-18-9-5-4-6-10-18/h4-6,9-10,13-16,21H,7-8,11-12,17H2,1-3H3,(H,23,25). The minimum Gasteiger partial charge on any atom is -0.497 e. The molecule has 1 N–H and O–H groups in total. The summed E-state index contributed by atoms with van der Waals surface area (Å²) in [5, 5.41) is 3.08. The first-order chi connectivity index (χ1) is 12.6. The van der Waals surface area contributed by atoms with Gasteiger partial charge in [0.25, 0.3) is 0 Å². The molecule has 0 aliphatic carbocycles. The summed E-state index contributed by atoms with van der Waals surface area (Å²) in [6, 6.07) is 18.6. The van der Waals surface area contributed by atoms with E-state index in [4.69, 9.17) is 4.74 Å². The predicted molar refractivity (Wildman–Crippen MR) is 106 cm³/mol. The van der Waals surface area contributed by atoms with E-state index in [1.807, 2.05) is 32.3 Å². The number of carbonyl (C=O) groups is 1. The number of hydrogen-bond acceptors (Lipinski definition) is 3. The number of ether oxygens (including phenoxy) is 1. The second-order valence-electron chi connectivity index (χ2n) is 6.75. The Hall–Kier alpha value is -2.33. The maximum Gasteiger partial charge on any atom is 0.220 e. The van der Waals surface area contributed by atoms with Crippen LogP contribution in [0.3, 0.4) is 0 Å². The van der Waals surface area contributed by atoms with Crippen molar-refractivity contribution in [2.75, 3.05) is 27.7 Å². The van der Waals surface area contributed by atoms with Crippen molar-refractivity contribution in [3.8, 4) is 5.75 Å². The lowest BCUT2D eigenvalue weighted by Crippen LogP contribution is -2.34. The molecule has 0 spiro atoms. The Balaban J connectivity index is 1.74. The van der Waals surface area contributed by atoms with Crippen molar-refractivity contribution < 1.29 is 9.53 Å². The van der Waals surface area contributed by atoms with Crippen LogP contribution in [0.15, 0.2) is 54.6 Å². The van der Waals surface area contributed by atoms with E-state index < -0.39 is 0 Å². The molecule has 26 heavy (non-hydrogen) atoms. The van der Waals surface area contributed by atoms with Crippen molar-refractivity contribution in [1.82, 2.24) is 10.2 Å². The second kappa shape index (κ2) is 10.6. The first-order valence-corrected chi connectivity index (χ1v) is 9.21. The predicted octanol–water partition coefficient (Wildman–Crippen LogP) is 3.83. The molecule has 4 heteroatoms. The van der Waals surface area contributed by atoms with E-state index >= 15 is 0 Å². The summed E-state index contributed by atoms with van der Waals surface area (Å²) in [5.41, 5.74) is 2.50. The monoisotopic (exact) mass is 354 g/mol. The topological polar surface area (TPSA) is 41.6 Å². The van der Waals surface area contributed by atoms with Crippen LogP contribution in [0.4, 0.5) is 0 Å². The molecule has 0 saturated heterocycles. The van der Waals surface area contributed by atoms with Gasteiger partial charge in [-0.15, -0.1) is 0 Å². The van der Waals surface area contributed by atoms with E-state index in [2.05, 4.69) is 46.6 Å². The molecular formula is C22H30N2O2. The molecule has 0 aromatic heterocycles. The number of hydrogen-bond donors (Lipinski definition) is 1. The number of nitrogens with zero attached hydrogens (tertiary/aromatic N) is 1. The zero-order valence-electron chi connectivity index (χ0n) is 16.1. The molecule has 1 amide bonds. The van der Waals surface area contributed by atoms with Gasteiger partial charge in [0, 0.05) is 13.0 Å². The number of benzene rings is 2. The second-order valence-corrected chi connectivity index (χ2v) is 6.75. The van der Waals surface area contributed by atoms with Crippen LogP contribution in [0.2, 0.25) is 0 Å². The molecule has 0 radical (unpaired) electrons. The van der Waals surface area contributed by atoms with Crippen LogP contribution in [0, 0.1) is 0 Å². The van der Waals surface area contributed by atoms with Gasteiger partial charge in [-0.2, -0.15) is 0 Å². The van der Waals surface area contributed by atoms with Crippen molar-refractivity contribution in [2.45, 2.75) is 31.7 Å². The number of methoxy groups -OCH3 is 1. The number of amides is 1. The van der Waals surface area contributed by atoms with Crippen LogP contribution < -0.4 is 10.1 Å². The molecule has 2 rings (SSSR count).